The van der Waals surface area contributed by atoms with Crippen LogP contribution in [0.15, 0.2) is 48.5 Å². The Morgan fingerprint density at radius 3 is 2.35 bits per heavy atom. The van der Waals surface area contributed by atoms with Gasteiger partial charge in [-0.15, -0.1) is 0 Å². The van der Waals surface area contributed by atoms with Gasteiger partial charge in [0.25, 0.3) is 0 Å². The Bertz CT molecular complexity index is 715. The molecule has 3 nitrogen and oxygen atoms in total. The van der Waals surface area contributed by atoms with Crippen LogP contribution in [0.2, 0.25) is 0 Å². The van der Waals surface area contributed by atoms with Crippen molar-refractivity contribution in [1.82, 2.24) is 0 Å². The maximum Gasteiger partial charge on any atom is 0.130 e. The van der Waals surface area contributed by atoms with Crippen LogP contribution in [-0.2, 0) is 4.79 Å². The average molecular weight is 351 g/mol. The number of ether oxygens (including phenoxy) is 1. The maximum absolute atomic E-state index is 11.3. The van der Waals surface area contributed by atoms with Crippen LogP contribution >= 0.6 is 0 Å². The van der Waals surface area contributed by atoms with Gasteiger partial charge in [0, 0.05) is 31.1 Å². The first-order valence-corrected chi connectivity index (χ1v) is 9.64. The summed E-state index contributed by atoms with van der Waals surface area (Å²) >= 11 is 0. The zero-order valence-electron chi connectivity index (χ0n) is 16.1. The summed E-state index contributed by atoms with van der Waals surface area (Å²) in [5.74, 6) is 2.08. The van der Waals surface area contributed by atoms with Gasteiger partial charge in [0.05, 0.1) is 6.61 Å². The quantitative estimate of drug-likeness (QED) is 0.658. The molecule has 0 aromatic heterocycles. The number of carbonyl (C=O) groups is 1. The number of nitrogens with zero attached hydrogens (tertiary/aromatic N) is 1. The highest BCUT2D eigenvalue weighted by atomic mass is 16.5. The molecule has 0 bridgehead atoms. The maximum atomic E-state index is 11.3. The third-order valence-electron chi connectivity index (χ3n) is 5.13. The number of ketones is 1. The van der Waals surface area contributed by atoms with E-state index in [4.69, 9.17) is 4.74 Å². The van der Waals surface area contributed by atoms with E-state index in [2.05, 4.69) is 67.3 Å². The lowest BCUT2D eigenvalue weighted by molar-refractivity contribution is -0.117. The number of carbonyl (C=O) groups excluding carboxylic acids is 1. The van der Waals surface area contributed by atoms with E-state index >= 15 is 0 Å². The van der Waals surface area contributed by atoms with Crippen LogP contribution in [0.3, 0.4) is 0 Å². The standard InChI is InChI=1S/C23H29NO2/c1-4-13-26-23-11-9-22(10-12-23)24-15-21(16-24)20-7-5-19(6-8-20)17(2)14-18(3)25/h5-12,17,21H,4,13-16H2,1-3H3/t17-/m1/s1. The van der Waals surface area contributed by atoms with E-state index < -0.39 is 0 Å². The molecule has 1 atom stereocenters. The van der Waals surface area contributed by atoms with Gasteiger partial charge in [0.15, 0.2) is 0 Å². The van der Waals surface area contributed by atoms with Crippen molar-refractivity contribution in [3.05, 3.63) is 59.7 Å². The fourth-order valence-corrected chi connectivity index (χ4v) is 3.52. The molecule has 1 saturated heterocycles. The number of anilines is 1. The highest BCUT2D eigenvalue weighted by molar-refractivity contribution is 5.76. The predicted octanol–water partition coefficient (Wildman–Crippen LogP) is 5.16. The van der Waals surface area contributed by atoms with Crippen LogP contribution in [0.4, 0.5) is 5.69 Å². The molecule has 138 valence electrons. The molecule has 3 rings (SSSR count). The first kappa shape index (κ1) is 18.5. The molecule has 2 aromatic rings. The molecular formula is C23H29NO2. The molecule has 1 aliphatic heterocycles. The highest BCUT2D eigenvalue weighted by Crippen LogP contribution is 2.33. The van der Waals surface area contributed by atoms with Crippen molar-refractivity contribution in [1.29, 1.82) is 0 Å². The SMILES string of the molecule is CCCOc1ccc(N2CC(c3ccc([C@H](C)CC(C)=O)cc3)C2)cc1. The minimum Gasteiger partial charge on any atom is -0.494 e. The van der Waals surface area contributed by atoms with E-state index in [0.717, 1.165) is 31.9 Å². The lowest BCUT2D eigenvalue weighted by Gasteiger charge is -2.41. The van der Waals surface area contributed by atoms with Crippen LogP contribution in [0.1, 0.15) is 56.6 Å². The topological polar surface area (TPSA) is 29.5 Å². The summed E-state index contributed by atoms with van der Waals surface area (Å²) < 4.78 is 5.65. The lowest BCUT2D eigenvalue weighted by Crippen LogP contribution is -2.45. The van der Waals surface area contributed by atoms with Crippen molar-refractivity contribution in [2.24, 2.45) is 0 Å². The summed E-state index contributed by atoms with van der Waals surface area (Å²) in [7, 11) is 0. The Labute approximate surface area is 157 Å². The molecule has 0 aliphatic carbocycles. The number of rotatable bonds is 8. The summed E-state index contributed by atoms with van der Waals surface area (Å²) in [5, 5.41) is 0. The monoisotopic (exact) mass is 351 g/mol. The zero-order chi connectivity index (χ0) is 18.5. The first-order chi connectivity index (χ1) is 12.6. The number of hydrogen-bond acceptors (Lipinski definition) is 3. The van der Waals surface area contributed by atoms with Crippen LogP contribution in [0, 0.1) is 0 Å². The molecular weight excluding hydrogens is 322 g/mol. The van der Waals surface area contributed by atoms with Gasteiger partial charge >= 0.3 is 0 Å². The van der Waals surface area contributed by atoms with Gasteiger partial charge < -0.3 is 14.4 Å². The molecule has 0 spiro atoms. The normalized spacial score (nSPS) is 15.4. The summed E-state index contributed by atoms with van der Waals surface area (Å²) in [6.45, 7) is 8.78. The molecule has 26 heavy (non-hydrogen) atoms. The smallest absolute Gasteiger partial charge is 0.130 e. The first-order valence-electron chi connectivity index (χ1n) is 9.64. The molecule has 1 aliphatic rings. The summed E-state index contributed by atoms with van der Waals surface area (Å²) in [4.78, 5) is 13.7. The van der Waals surface area contributed by atoms with E-state index in [1.165, 1.54) is 16.8 Å². The minimum absolute atomic E-state index is 0.252. The van der Waals surface area contributed by atoms with Gasteiger partial charge in [-0.2, -0.15) is 0 Å². The summed E-state index contributed by atoms with van der Waals surface area (Å²) in [6, 6.07) is 17.2. The van der Waals surface area contributed by atoms with Crippen molar-refractivity contribution < 1.29 is 9.53 Å². The second-order valence-electron chi connectivity index (χ2n) is 7.42. The van der Waals surface area contributed by atoms with Gasteiger partial charge in [-0.3, -0.25) is 0 Å². The van der Waals surface area contributed by atoms with Crippen molar-refractivity contribution in [3.8, 4) is 5.75 Å². The van der Waals surface area contributed by atoms with E-state index in [9.17, 15) is 4.79 Å². The van der Waals surface area contributed by atoms with E-state index in [-0.39, 0.29) is 5.78 Å². The van der Waals surface area contributed by atoms with Crippen LogP contribution < -0.4 is 9.64 Å². The fraction of sp³-hybridized carbons (Fsp3) is 0.435. The number of benzene rings is 2. The third-order valence-corrected chi connectivity index (χ3v) is 5.13. The molecule has 0 radical (unpaired) electrons. The zero-order valence-corrected chi connectivity index (χ0v) is 16.1. The Kier molecular flexibility index (Phi) is 5.97. The molecule has 3 heteroatoms. The number of Topliss-reactive ketones (excluding diaryl/α,β-unsaturated/α-hetero) is 1. The van der Waals surface area contributed by atoms with Crippen molar-refractivity contribution in [3.63, 3.8) is 0 Å². The molecule has 0 saturated carbocycles. The van der Waals surface area contributed by atoms with Gasteiger partial charge in [-0.05, 0) is 54.7 Å². The van der Waals surface area contributed by atoms with Crippen molar-refractivity contribution in [2.75, 3.05) is 24.6 Å². The third kappa shape index (κ3) is 4.46. The van der Waals surface area contributed by atoms with E-state index in [1.54, 1.807) is 6.92 Å². The van der Waals surface area contributed by atoms with Gasteiger partial charge in [-0.1, -0.05) is 38.1 Å². The van der Waals surface area contributed by atoms with Crippen molar-refractivity contribution in [2.45, 2.75) is 45.4 Å². The molecule has 0 N–H and O–H groups in total. The molecule has 1 heterocycles. The molecule has 1 fully saturated rings. The highest BCUT2D eigenvalue weighted by Gasteiger charge is 2.28. The summed E-state index contributed by atoms with van der Waals surface area (Å²) in [5.41, 5.74) is 3.91. The van der Waals surface area contributed by atoms with Gasteiger partial charge in [0.1, 0.15) is 11.5 Å². The Morgan fingerprint density at radius 1 is 1.12 bits per heavy atom. The molecule has 0 unspecified atom stereocenters. The van der Waals surface area contributed by atoms with Gasteiger partial charge in [0.2, 0.25) is 0 Å². The largest absolute Gasteiger partial charge is 0.494 e. The second kappa shape index (κ2) is 8.39. The Hall–Kier alpha value is -2.29. The van der Waals surface area contributed by atoms with E-state index in [1.807, 2.05) is 0 Å². The van der Waals surface area contributed by atoms with Gasteiger partial charge in [-0.25, -0.2) is 0 Å². The predicted molar refractivity (Wildman–Crippen MR) is 107 cm³/mol. The molecule has 0 amide bonds. The average Bonchev–Trinajstić information content (AvgIpc) is 2.60. The summed E-state index contributed by atoms with van der Waals surface area (Å²) in [6.07, 6.45) is 1.65. The number of hydrogen-bond donors (Lipinski definition) is 0. The van der Waals surface area contributed by atoms with Crippen LogP contribution in [0.5, 0.6) is 5.75 Å². The van der Waals surface area contributed by atoms with Crippen molar-refractivity contribution >= 4 is 11.5 Å². The fourth-order valence-electron chi connectivity index (χ4n) is 3.52. The Morgan fingerprint density at radius 2 is 1.77 bits per heavy atom. The van der Waals surface area contributed by atoms with Crippen LogP contribution in [0.25, 0.3) is 0 Å². The van der Waals surface area contributed by atoms with E-state index in [0.29, 0.717) is 18.3 Å². The Balaban J connectivity index is 1.53. The molecule has 2 aromatic carbocycles. The second-order valence-corrected chi connectivity index (χ2v) is 7.42. The lowest BCUT2D eigenvalue weighted by atomic mass is 9.88. The minimum atomic E-state index is 0.252. The van der Waals surface area contributed by atoms with Crippen LogP contribution in [-0.4, -0.2) is 25.5 Å².